The molecule has 1 aliphatic rings. The summed E-state index contributed by atoms with van der Waals surface area (Å²) in [6.45, 7) is 2.42. The summed E-state index contributed by atoms with van der Waals surface area (Å²) in [6.07, 6.45) is 0.813. The number of ether oxygens (including phenoxy) is 2. The first-order chi connectivity index (χ1) is 16.5. The van der Waals surface area contributed by atoms with Crippen molar-refractivity contribution in [1.29, 1.82) is 0 Å². The highest BCUT2D eigenvalue weighted by Gasteiger charge is 2.41. The Morgan fingerprint density at radius 2 is 1.50 bits per heavy atom. The highest BCUT2D eigenvalue weighted by Crippen LogP contribution is 2.40. The number of amides is 2. The van der Waals surface area contributed by atoms with Gasteiger partial charge in [-0.3, -0.25) is 9.59 Å². The summed E-state index contributed by atoms with van der Waals surface area (Å²) in [6, 6.07) is 22.7. The predicted octanol–water partition coefficient (Wildman–Crippen LogP) is 4.81. The molecule has 1 saturated heterocycles. The summed E-state index contributed by atoms with van der Waals surface area (Å²) in [5, 5.41) is 3.08. The van der Waals surface area contributed by atoms with Crippen LogP contribution in [0.2, 0.25) is 0 Å². The number of rotatable bonds is 7. The van der Waals surface area contributed by atoms with Crippen molar-refractivity contribution in [2.45, 2.75) is 32.4 Å². The number of hydrogen-bond donors (Lipinski definition) is 1. The summed E-state index contributed by atoms with van der Waals surface area (Å²) >= 11 is 0. The van der Waals surface area contributed by atoms with E-state index in [9.17, 15) is 9.59 Å². The largest absolute Gasteiger partial charge is 0.497 e. The number of aryl methyl sites for hydroxylation is 1. The van der Waals surface area contributed by atoms with E-state index in [2.05, 4.69) is 5.32 Å². The molecule has 1 fully saturated rings. The molecule has 0 spiro atoms. The van der Waals surface area contributed by atoms with Gasteiger partial charge in [-0.2, -0.15) is 0 Å². The third-order valence-corrected chi connectivity index (χ3v) is 6.33. The quantitative estimate of drug-likeness (QED) is 0.552. The normalized spacial score (nSPS) is 17.9. The molecule has 2 amide bonds. The van der Waals surface area contributed by atoms with Gasteiger partial charge in [0.15, 0.2) is 0 Å². The number of carbonyl (C=O) groups is 2. The van der Waals surface area contributed by atoms with Crippen LogP contribution in [0.1, 0.15) is 35.6 Å². The molecule has 3 aromatic carbocycles. The van der Waals surface area contributed by atoms with Crippen molar-refractivity contribution in [3.63, 3.8) is 0 Å². The molecule has 0 bridgehead atoms. The van der Waals surface area contributed by atoms with Crippen molar-refractivity contribution in [3.8, 4) is 11.5 Å². The molecule has 176 valence electrons. The molecule has 0 saturated carbocycles. The monoisotopic (exact) mass is 458 g/mol. The number of piperidine rings is 1. The summed E-state index contributed by atoms with van der Waals surface area (Å²) in [5.41, 5.74) is 3.79. The van der Waals surface area contributed by atoms with Crippen LogP contribution in [0.4, 0.5) is 5.69 Å². The van der Waals surface area contributed by atoms with Gasteiger partial charge in [0.05, 0.1) is 26.2 Å². The number of anilines is 1. The molecule has 0 aromatic heterocycles. The van der Waals surface area contributed by atoms with Crippen LogP contribution in [0.15, 0.2) is 72.8 Å². The molecule has 2 atom stereocenters. The van der Waals surface area contributed by atoms with Gasteiger partial charge in [-0.05, 0) is 60.9 Å². The van der Waals surface area contributed by atoms with Crippen LogP contribution in [0.5, 0.6) is 11.5 Å². The Labute approximate surface area is 200 Å². The van der Waals surface area contributed by atoms with Gasteiger partial charge in [-0.25, -0.2) is 0 Å². The maximum atomic E-state index is 13.4. The second-order valence-corrected chi connectivity index (χ2v) is 8.53. The zero-order valence-corrected chi connectivity index (χ0v) is 19.8. The van der Waals surface area contributed by atoms with Gasteiger partial charge in [-0.1, -0.05) is 42.0 Å². The van der Waals surface area contributed by atoms with Gasteiger partial charge in [0.2, 0.25) is 11.8 Å². The van der Waals surface area contributed by atoms with E-state index < -0.39 is 6.04 Å². The molecule has 4 rings (SSSR count). The number of nitrogens with zero attached hydrogens (tertiary/aromatic N) is 1. The maximum absolute atomic E-state index is 13.4. The molecule has 34 heavy (non-hydrogen) atoms. The molecule has 1 aliphatic heterocycles. The predicted molar refractivity (Wildman–Crippen MR) is 132 cm³/mol. The van der Waals surface area contributed by atoms with Crippen LogP contribution in [0.25, 0.3) is 0 Å². The summed E-state index contributed by atoms with van der Waals surface area (Å²) in [5.74, 6) is 1.07. The lowest BCUT2D eigenvalue weighted by atomic mass is 9.83. The lowest BCUT2D eigenvalue weighted by Crippen LogP contribution is -2.48. The fourth-order valence-electron chi connectivity index (χ4n) is 4.42. The minimum Gasteiger partial charge on any atom is -0.497 e. The van der Waals surface area contributed by atoms with E-state index in [-0.39, 0.29) is 17.7 Å². The zero-order valence-electron chi connectivity index (χ0n) is 19.8. The second kappa shape index (κ2) is 10.4. The summed E-state index contributed by atoms with van der Waals surface area (Å²) in [4.78, 5) is 28.4. The molecule has 1 heterocycles. The number of hydrogen-bond acceptors (Lipinski definition) is 4. The smallest absolute Gasteiger partial charge is 0.227 e. The highest BCUT2D eigenvalue weighted by atomic mass is 16.5. The fourth-order valence-corrected chi connectivity index (χ4v) is 4.42. The number of benzene rings is 3. The van der Waals surface area contributed by atoms with Crippen LogP contribution >= 0.6 is 0 Å². The Balaban J connectivity index is 1.63. The van der Waals surface area contributed by atoms with Crippen LogP contribution in [0, 0.1) is 12.8 Å². The number of methoxy groups -OCH3 is 2. The van der Waals surface area contributed by atoms with E-state index in [1.807, 2.05) is 79.7 Å². The molecular weight excluding hydrogens is 428 g/mol. The van der Waals surface area contributed by atoms with E-state index in [0.717, 1.165) is 33.9 Å². The Kier molecular flexibility index (Phi) is 7.16. The summed E-state index contributed by atoms with van der Waals surface area (Å²) < 4.78 is 10.5. The van der Waals surface area contributed by atoms with Gasteiger partial charge in [0, 0.05) is 18.7 Å². The molecule has 3 aromatic rings. The highest BCUT2D eigenvalue weighted by molar-refractivity contribution is 5.97. The third kappa shape index (κ3) is 5.06. The first-order valence-electron chi connectivity index (χ1n) is 11.4. The van der Waals surface area contributed by atoms with Crippen molar-refractivity contribution >= 4 is 17.5 Å². The van der Waals surface area contributed by atoms with Crippen molar-refractivity contribution in [3.05, 3.63) is 89.5 Å². The first kappa shape index (κ1) is 23.4. The standard InChI is InChI=1S/C28H30N2O4/c1-19-4-10-22(11-5-19)30-26(31)17-16-25(27(30)21-8-14-24(34-3)15-9-21)28(32)29-18-20-6-12-23(33-2)13-7-20/h4-15,25,27H,16-18H2,1-3H3,(H,29,32)/t25-,27-/m1/s1. The lowest BCUT2D eigenvalue weighted by Gasteiger charge is -2.41. The first-order valence-corrected chi connectivity index (χ1v) is 11.4. The van der Waals surface area contributed by atoms with E-state index in [1.165, 1.54) is 0 Å². The summed E-state index contributed by atoms with van der Waals surface area (Å²) in [7, 11) is 3.24. The van der Waals surface area contributed by atoms with Crippen molar-refractivity contribution in [1.82, 2.24) is 5.32 Å². The van der Waals surface area contributed by atoms with E-state index in [4.69, 9.17) is 9.47 Å². The minimum atomic E-state index is -0.411. The lowest BCUT2D eigenvalue weighted by molar-refractivity contribution is -0.129. The molecule has 6 heteroatoms. The average molecular weight is 459 g/mol. The molecule has 0 aliphatic carbocycles. The van der Waals surface area contributed by atoms with Crippen LogP contribution in [-0.4, -0.2) is 26.0 Å². The van der Waals surface area contributed by atoms with Crippen molar-refractivity contribution < 1.29 is 19.1 Å². The average Bonchev–Trinajstić information content (AvgIpc) is 2.88. The van der Waals surface area contributed by atoms with Gasteiger partial charge in [0.25, 0.3) is 0 Å². The maximum Gasteiger partial charge on any atom is 0.227 e. The van der Waals surface area contributed by atoms with E-state index in [1.54, 1.807) is 19.1 Å². The fraction of sp³-hybridized carbons (Fsp3) is 0.286. The molecule has 0 radical (unpaired) electrons. The van der Waals surface area contributed by atoms with E-state index >= 15 is 0 Å². The van der Waals surface area contributed by atoms with Crippen LogP contribution < -0.4 is 19.7 Å². The van der Waals surface area contributed by atoms with Gasteiger partial charge >= 0.3 is 0 Å². The van der Waals surface area contributed by atoms with Crippen molar-refractivity contribution in [2.24, 2.45) is 5.92 Å². The van der Waals surface area contributed by atoms with Gasteiger partial charge in [-0.15, -0.1) is 0 Å². The SMILES string of the molecule is COc1ccc(CNC(=O)[C@@H]2CCC(=O)N(c3ccc(C)cc3)[C@@H]2c2ccc(OC)cc2)cc1. The van der Waals surface area contributed by atoms with Crippen LogP contribution in [0.3, 0.4) is 0 Å². The minimum absolute atomic E-state index is 0.0175. The Morgan fingerprint density at radius 1 is 0.912 bits per heavy atom. The molecule has 0 unspecified atom stereocenters. The second-order valence-electron chi connectivity index (χ2n) is 8.53. The third-order valence-electron chi connectivity index (χ3n) is 6.33. The van der Waals surface area contributed by atoms with Gasteiger partial charge in [0.1, 0.15) is 11.5 Å². The zero-order chi connectivity index (χ0) is 24.1. The Bertz CT molecular complexity index is 1120. The molecular formula is C28H30N2O4. The van der Waals surface area contributed by atoms with Crippen LogP contribution in [-0.2, 0) is 16.1 Å². The number of carbonyl (C=O) groups excluding carboxylic acids is 2. The molecule has 1 N–H and O–H groups in total. The molecule has 6 nitrogen and oxygen atoms in total. The Hall–Kier alpha value is -3.80. The number of nitrogens with one attached hydrogen (secondary N) is 1. The van der Waals surface area contributed by atoms with E-state index in [0.29, 0.717) is 19.4 Å². The van der Waals surface area contributed by atoms with Crippen molar-refractivity contribution in [2.75, 3.05) is 19.1 Å². The Morgan fingerprint density at radius 3 is 2.09 bits per heavy atom. The topological polar surface area (TPSA) is 67.9 Å². The van der Waals surface area contributed by atoms with Gasteiger partial charge < -0.3 is 19.7 Å².